The lowest BCUT2D eigenvalue weighted by molar-refractivity contribution is 0.102. The zero-order valence-electron chi connectivity index (χ0n) is 15.5. The fourth-order valence-corrected chi connectivity index (χ4v) is 2.67. The molecule has 6 nitrogen and oxygen atoms in total. The summed E-state index contributed by atoms with van der Waals surface area (Å²) in [5, 5.41) is 14.4. The van der Waals surface area contributed by atoms with E-state index >= 15 is 0 Å². The molecule has 0 aliphatic heterocycles. The van der Waals surface area contributed by atoms with Crippen molar-refractivity contribution in [2.45, 2.75) is 13.8 Å². The molecule has 0 unspecified atom stereocenters. The average Bonchev–Trinajstić information content (AvgIpc) is 2.70. The zero-order valence-corrected chi connectivity index (χ0v) is 15.5. The van der Waals surface area contributed by atoms with Crippen LogP contribution in [0.3, 0.4) is 0 Å². The molecular formula is C22H18N4O2. The average molecular weight is 370 g/mol. The van der Waals surface area contributed by atoms with Crippen molar-refractivity contribution in [2.24, 2.45) is 0 Å². The van der Waals surface area contributed by atoms with Crippen molar-refractivity contribution in [3.8, 4) is 6.07 Å². The topological polar surface area (TPSA) is 94.9 Å². The molecule has 0 saturated heterocycles. The molecule has 0 atom stereocenters. The lowest BCUT2D eigenvalue weighted by Gasteiger charge is -2.10. The summed E-state index contributed by atoms with van der Waals surface area (Å²) in [6.45, 7) is 3.90. The van der Waals surface area contributed by atoms with Crippen molar-refractivity contribution in [1.82, 2.24) is 4.98 Å². The summed E-state index contributed by atoms with van der Waals surface area (Å²) in [7, 11) is 0. The number of anilines is 2. The Labute approximate surface area is 162 Å². The highest BCUT2D eigenvalue weighted by molar-refractivity contribution is 6.08. The molecule has 2 N–H and O–H groups in total. The Morgan fingerprint density at radius 1 is 0.929 bits per heavy atom. The first-order valence-electron chi connectivity index (χ1n) is 8.62. The predicted octanol–water partition coefficient (Wildman–Crippen LogP) is 4.07. The molecule has 28 heavy (non-hydrogen) atoms. The second-order valence-corrected chi connectivity index (χ2v) is 6.35. The van der Waals surface area contributed by atoms with Crippen molar-refractivity contribution in [1.29, 1.82) is 5.26 Å². The van der Waals surface area contributed by atoms with Crippen LogP contribution in [0.4, 0.5) is 11.4 Å². The number of carbonyl (C=O) groups excluding carboxylic acids is 2. The number of amides is 2. The summed E-state index contributed by atoms with van der Waals surface area (Å²) in [6, 6.07) is 17.2. The van der Waals surface area contributed by atoms with Crippen molar-refractivity contribution in [3.05, 3.63) is 88.7 Å². The maximum atomic E-state index is 12.5. The molecular weight excluding hydrogens is 352 g/mol. The molecule has 0 fully saturated rings. The van der Waals surface area contributed by atoms with Crippen LogP contribution < -0.4 is 10.6 Å². The third-order valence-electron chi connectivity index (χ3n) is 4.16. The van der Waals surface area contributed by atoms with E-state index in [1.165, 1.54) is 18.3 Å². The SMILES string of the molecule is Cc1ccc(NC(=O)c2cc(C(=O)Nc3ccc(C#N)cc3)ccn2)c(C)c1. The molecule has 1 heterocycles. The number of nitriles is 1. The maximum Gasteiger partial charge on any atom is 0.274 e. The van der Waals surface area contributed by atoms with Crippen LogP contribution in [-0.2, 0) is 0 Å². The van der Waals surface area contributed by atoms with Crippen LogP contribution in [0.25, 0.3) is 0 Å². The van der Waals surface area contributed by atoms with E-state index in [0.717, 1.165) is 11.1 Å². The van der Waals surface area contributed by atoms with E-state index in [1.54, 1.807) is 24.3 Å². The Kier molecular flexibility index (Phi) is 5.47. The van der Waals surface area contributed by atoms with Gasteiger partial charge in [-0.1, -0.05) is 17.7 Å². The molecule has 2 amide bonds. The Hall–Kier alpha value is -3.98. The highest BCUT2D eigenvalue weighted by Crippen LogP contribution is 2.17. The normalized spacial score (nSPS) is 10.0. The minimum absolute atomic E-state index is 0.146. The summed E-state index contributed by atoms with van der Waals surface area (Å²) in [5.41, 5.74) is 4.27. The third kappa shape index (κ3) is 4.40. The largest absolute Gasteiger partial charge is 0.322 e. The van der Waals surface area contributed by atoms with Crippen LogP contribution in [-0.4, -0.2) is 16.8 Å². The molecule has 0 spiro atoms. The first kappa shape index (κ1) is 18.8. The van der Waals surface area contributed by atoms with Gasteiger partial charge in [-0.05, 0) is 61.9 Å². The summed E-state index contributed by atoms with van der Waals surface area (Å²) in [5.74, 6) is -0.757. The van der Waals surface area contributed by atoms with E-state index in [0.29, 0.717) is 22.5 Å². The van der Waals surface area contributed by atoms with Crippen molar-refractivity contribution in [3.63, 3.8) is 0 Å². The predicted molar refractivity (Wildman–Crippen MR) is 107 cm³/mol. The van der Waals surface area contributed by atoms with E-state index in [4.69, 9.17) is 5.26 Å². The first-order valence-corrected chi connectivity index (χ1v) is 8.62. The summed E-state index contributed by atoms with van der Waals surface area (Å²) in [6.07, 6.45) is 1.42. The van der Waals surface area contributed by atoms with E-state index in [9.17, 15) is 9.59 Å². The van der Waals surface area contributed by atoms with E-state index in [-0.39, 0.29) is 17.5 Å². The Balaban J connectivity index is 1.74. The third-order valence-corrected chi connectivity index (χ3v) is 4.16. The van der Waals surface area contributed by atoms with Gasteiger partial charge in [0.1, 0.15) is 5.69 Å². The monoisotopic (exact) mass is 370 g/mol. The minimum atomic E-state index is -0.389. The van der Waals surface area contributed by atoms with Crippen LogP contribution in [0, 0.1) is 25.2 Å². The van der Waals surface area contributed by atoms with Gasteiger partial charge in [0.25, 0.3) is 11.8 Å². The van der Waals surface area contributed by atoms with Crippen molar-refractivity contribution >= 4 is 23.2 Å². The van der Waals surface area contributed by atoms with Crippen LogP contribution >= 0.6 is 0 Å². The Bertz CT molecular complexity index is 1080. The molecule has 2 aromatic carbocycles. The number of hydrogen-bond donors (Lipinski definition) is 2. The summed E-state index contributed by atoms with van der Waals surface area (Å²) in [4.78, 5) is 29.0. The quantitative estimate of drug-likeness (QED) is 0.723. The number of aryl methyl sites for hydroxylation is 2. The standard InChI is InChI=1S/C22H18N4O2/c1-14-3-8-19(15(2)11-14)26-22(28)20-12-17(9-10-24-20)21(27)25-18-6-4-16(13-23)5-7-18/h3-12H,1-2H3,(H,25,27)(H,26,28). The smallest absolute Gasteiger partial charge is 0.274 e. The summed E-state index contributed by atoms with van der Waals surface area (Å²) < 4.78 is 0. The van der Waals surface area contributed by atoms with Gasteiger partial charge in [-0.15, -0.1) is 0 Å². The maximum absolute atomic E-state index is 12.5. The van der Waals surface area contributed by atoms with Gasteiger partial charge in [-0.3, -0.25) is 14.6 Å². The van der Waals surface area contributed by atoms with Gasteiger partial charge >= 0.3 is 0 Å². The van der Waals surface area contributed by atoms with Gasteiger partial charge in [-0.25, -0.2) is 0 Å². The molecule has 0 aliphatic carbocycles. The van der Waals surface area contributed by atoms with Crippen LogP contribution in [0.2, 0.25) is 0 Å². The van der Waals surface area contributed by atoms with E-state index in [2.05, 4.69) is 15.6 Å². The molecule has 0 saturated carbocycles. The molecule has 138 valence electrons. The number of aromatic nitrogens is 1. The number of rotatable bonds is 4. The highest BCUT2D eigenvalue weighted by Gasteiger charge is 2.13. The van der Waals surface area contributed by atoms with Gasteiger partial charge in [0.15, 0.2) is 0 Å². The van der Waals surface area contributed by atoms with Crippen molar-refractivity contribution < 1.29 is 9.59 Å². The van der Waals surface area contributed by atoms with Crippen LogP contribution in [0.1, 0.15) is 37.5 Å². The number of pyridine rings is 1. The number of nitrogens with one attached hydrogen (secondary N) is 2. The molecule has 0 radical (unpaired) electrons. The Morgan fingerprint density at radius 2 is 1.68 bits per heavy atom. The first-order chi connectivity index (χ1) is 13.5. The lowest BCUT2D eigenvalue weighted by atomic mass is 10.1. The van der Waals surface area contributed by atoms with Gasteiger partial charge in [0.05, 0.1) is 11.6 Å². The molecule has 3 aromatic rings. The molecule has 6 heteroatoms. The van der Waals surface area contributed by atoms with Crippen LogP contribution in [0.5, 0.6) is 0 Å². The Morgan fingerprint density at radius 3 is 2.36 bits per heavy atom. The van der Waals surface area contributed by atoms with Gasteiger partial charge in [0.2, 0.25) is 0 Å². The second-order valence-electron chi connectivity index (χ2n) is 6.35. The number of benzene rings is 2. The second kappa shape index (κ2) is 8.14. The lowest BCUT2D eigenvalue weighted by Crippen LogP contribution is -2.17. The molecule has 0 bridgehead atoms. The van der Waals surface area contributed by atoms with Crippen molar-refractivity contribution in [2.75, 3.05) is 10.6 Å². The van der Waals surface area contributed by atoms with Crippen LogP contribution in [0.15, 0.2) is 60.8 Å². The van der Waals surface area contributed by atoms with Gasteiger partial charge in [0, 0.05) is 23.1 Å². The number of nitrogens with zero attached hydrogens (tertiary/aromatic N) is 2. The zero-order chi connectivity index (χ0) is 20.1. The molecule has 0 aliphatic rings. The van der Waals surface area contributed by atoms with Gasteiger partial charge < -0.3 is 10.6 Å². The van der Waals surface area contributed by atoms with E-state index in [1.807, 2.05) is 38.1 Å². The number of hydrogen-bond acceptors (Lipinski definition) is 4. The van der Waals surface area contributed by atoms with E-state index < -0.39 is 0 Å². The highest BCUT2D eigenvalue weighted by atomic mass is 16.2. The molecule has 3 rings (SSSR count). The minimum Gasteiger partial charge on any atom is -0.322 e. The fraction of sp³-hybridized carbons (Fsp3) is 0.0909. The number of carbonyl (C=O) groups is 2. The molecule has 1 aromatic heterocycles. The summed E-state index contributed by atoms with van der Waals surface area (Å²) >= 11 is 0. The van der Waals surface area contributed by atoms with Gasteiger partial charge in [-0.2, -0.15) is 5.26 Å². The fourth-order valence-electron chi connectivity index (χ4n) is 2.67.